The summed E-state index contributed by atoms with van der Waals surface area (Å²) in [5.41, 5.74) is 2.44. The summed E-state index contributed by atoms with van der Waals surface area (Å²) in [4.78, 5) is 28.0. The summed E-state index contributed by atoms with van der Waals surface area (Å²) < 4.78 is 5.25. The van der Waals surface area contributed by atoms with E-state index < -0.39 is 11.2 Å². The molecule has 172 valence electrons. The topological polar surface area (TPSA) is 86.3 Å². The van der Waals surface area contributed by atoms with Gasteiger partial charge >= 0.3 is 0 Å². The van der Waals surface area contributed by atoms with Crippen LogP contribution in [0.2, 0.25) is 5.02 Å². The molecule has 6 nitrogen and oxygen atoms in total. The number of amides is 2. The maximum absolute atomic E-state index is 13.5. The first-order valence-corrected chi connectivity index (χ1v) is 12.1. The molecule has 34 heavy (non-hydrogen) atoms. The third kappa shape index (κ3) is 5.04. The lowest BCUT2D eigenvalue weighted by Crippen LogP contribution is -2.32. The summed E-state index contributed by atoms with van der Waals surface area (Å²) in [5.74, 6) is -0.201. The van der Waals surface area contributed by atoms with Crippen LogP contribution in [-0.4, -0.2) is 17.1 Å². The van der Waals surface area contributed by atoms with Crippen LogP contribution in [0.3, 0.4) is 0 Å². The van der Waals surface area contributed by atoms with E-state index >= 15 is 0 Å². The number of carbonyl (C=O) groups excluding carboxylic acids is 2. The molecule has 8 heteroatoms. The predicted octanol–water partition coefficient (Wildman–Crippen LogP) is 5.24. The zero-order valence-corrected chi connectivity index (χ0v) is 20.0. The number of thioether (sulfide) groups is 1. The summed E-state index contributed by atoms with van der Waals surface area (Å²) in [7, 11) is 0. The van der Waals surface area contributed by atoms with Crippen LogP contribution in [0.5, 0.6) is 0 Å². The monoisotopic (exact) mass is 491 g/mol. The summed E-state index contributed by atoms with van der Waals surface area (Å²) >= 11 is 7.54. The fraction of sp³-hybridized carbons (Fsp3) is 0.192. The van der Waals surface area contributed by atoms with E-state index in [4.69, 9.17) is 16.0 Å². The Morgan fingerprint density at radius 1 is 1.18 bits per heavy atom. The first-order valence-electron chi connectivity index (χ1n) is 10.8. The number of hydrogen-bond acceptors (Lipinski definition) is 5. The second-order valence-corrected chi connectivity index (χ2v) is 9.25. The number of hydrogen-bond donors (Lipinski definition) is 1. The molecule has 0 radical (unpaired) electrons. The average Bonchev–Trinajstić information content (AvgIpc) is 3.48. The van der Waals surface area contributed by atoms with Gasteiger partial charge in [0.15, 0.2) is 0 Å². The molecule has 2 aromatic carbocycles. The van der Waals surface area contributed by atoms with Crippen molar-refractivity contribution in [2.75, 3.05) is 4.90 Å². The minimum absolute atomic E-state index is 0.119. The highest BCUT2D eigenvalue weighted by atomic mass is 35.5. The molecule has 0 saturated carbocycles. The highest BCUT2D eigenvalue weighted by Gasteiger charge is 2.41. The van der Waals surface area contributed by atoms with Gasteiger partial charge in [0.05, 0.1) is 18.1 Å². The lowest BCUT2D eigenvalue weighted by atomic mass is 10.1. The molecule has 0 aliphatic carbocycles. The molecule has 1 N–H and O–H groups in total. The number of nitrogens with zero attached hydrogens (tertiary/aromatic N) is 2. The van der Waals surface area contributed by atoms with Gasteiger partial charge in [0.1, 0.15) is 22.4 Å². The fourth-order valence-electron chi connectivity index (χ4n) is 3.64. The molecule has 3 aromatic rings. The molecule has 1 aromatic heterocycles. The summed E-state index contributed by atoms with van der Waals surface area (Å²) in [6, 6.07) is 20.4. The standard InChI is InChI=1S/C26H22ClN3O3S/c1-2-17-9-11-19(12-10-17)30-25(32)23(14-18-6-3-4-8-22(18)27)34-26(30)21(15-28)24(31)29-16-20-7-5-13-33-20/h3-13,23H,2,14,16H2,1H3,(H,29,31)/b26-21-. The molecule has 1 saturated heterocycles. The third-order valence-corrected chi connectivity index (χ3v) is 7.11. The van der Waals surface area contributed by atoms with E-state index in [9.17, 15) is 14.9 Å². The Morgan fingerprint density at radius 2 is 1.94 bits per heavy atom. The quantitative estimate of drug-likeness (QED) is 0.361. The van der Waals surface area contributed by atoms with E-state index in [2.05, 4.69) is 5.32 Å². The Hall–Kier alpha value is -3.47. The summed E-state index contributed by atoms with van der Waals surface area (Å²) in [6.07, 6.45) is 2.75. The molecular weight excluding hydrogens is 470 g/mol. The Bertz CT molecular complexity index is 1260. The van der Waals surface area contributed by atoms with Gasteiger partial charge in [-0.1, -0.05) is 60.6 Å². The number of rotatable bonds is 7. The zero-order chi connectivity index (χ0) is 24.1. The van der Waals surface area contributed by atoms with Crippen molar-refractivity contribution in [1.29, 1.82) is 5.26 Å². The van der Waals surface area contributed by atoms with Crippen LogP contribution in [0, 0.1) is 11.3 Å². The average molecular weight is 492 g/mol. The van der Waals surface area contributed by atoms with Crippen molar-refractivity contribution in [3.8, 4) is 6.07 Å². The van der Waals surface area contributed by atoms with E-state index in [1.807, 2.05) is 55.5 Å². The SMILES string of the molecule is CCc1ccc(N2C(=O)C(Cc3ccccc3Cl)S/C2=C(/C#N)C(=O)NCc2ccco2)cc1. The molecule has 1 aliphatic heterocycles. The van der Waals surface area contributed by atoms with Gasteiger partial charge in [-0.2, -0.15) is 5.26 Å². The zero-order valence-electron chi connectivity index (χ0n) is 18.5. The third-order valence-electron chi connectivity index (χ3n) is 5.47. The number of benzene rings is 2. The first-order chi connectivity index (χ1) is 16.5. The lowest BCUT2D eigenvalue weighted by Gasteiger charge is -2.19. The van der Waals surface area contributed by atoms with Gasteiger partial charge in [0, 0.05) is 10.7 Å². The predicted molar refractivity (Wildman–Crippen MR) is 133 cm³/mol. The fourth-order valence-corrected chi connectivity index (χ4v) is 5.14. The van der Waals surface area contributed by atoms with Crippen molar-refractivity contribution in [2.45, 2.75) is 31.6 Å². The summed E-state index contributed by atoms with van der Waals surface area (Å²) in [5, 5.41) is 13.0. The van der Waals surface area contributed by atoms with Crippen molar-refractivity contribution >= 4 is 40.9 Å². The molecule has 1 atom stereocenters. The van der Waals surface area contributed by atoms with Gasteiger partial charge in [0.2, 0.25) is 5.91 Å². The molecular formula is C26H22ClN3O3S. The van der Waals surface area contributed by atoms with Gasteiger partial charge in [0.25, 0.3) is 5.91 Å². The molecule has 1 fully saturated rings. The highest BCUT2D eigenvalue weighted by molar-refractivity contribution is 8.05. The minimum Gasteiger partial charge on any atom is -0.467 e. The Morgan fingerprint density at radius 3 is 2.59 bits per heavy atom. The molecule has 4 rings (SSSR count). The van der Waals surface area contributed by atoms with Crippen molar-refractivity contribution in [3.63, 3.8) is 0 Å². The van der Waals surface area contributed by atoms with Crippen LogP contribution in [-0.2, 0) is 29.0 Å². The molecule has 0 bridgehead atoms. The van der Waals surface area contributed by atoms with Crippen LogP contribution in [0.1, 0.15) is 23.8 Å². The number of anilines is 1. The Balaban J connectivity index is 1.69. The maximum atomic E-state index is 13.5. The van der Waals surface area contributed by atoms with E-state index in [-0.39, 0.29) is 18.0 Å². The van der Waals surface area contributed by atoms with Crippen LogP contribution in [0.4, 0.5) is 5.69 Å². The van der Waals surface area contributed by atoms with Crippen molar-refractivity contribution in [1.82, 2.24) is 5.32 Å². The van der Waals surface area contributed by atoms with Gasteiger partial charge in [-0.3, -0.25) is 14.5 Å². The Kier molecular flexibility index (Phi) is 7.41. The van der Waals surface area contributed by atoms with Gasteiger partial charge in [-0.25, -0.2) is 0 Å². The molecule has 1 aliphatic rings. The smallest absolute Gasteiger partial charge is 0.265 e. The van der Waals surface area contributed by atoms with Crippen molar-refractivity contribution < 1.29 is 14.0 Å². The van der Waals surface area contributed by atoms with E-state index in [1.54, 1.807) is 18.2 Å². The van der Waals surface area contributed by atoms with E-state index in [1.165, 1.54) is 22.9 Å². The number of aryl methyl sites for hydroxylation is 1. The van der Waals surface area contributed by atoms with Crippen LogP contribution in [0.25, 0.3) is 0 Å². The maximum Gasteiger partial charge on any atom is 0.265 e. The van der Waals surface area contributed by atoms with Gasteiger partial charge < -0.3 is 9.73 Å². The Labute approximate surface area is 207 Å². The number of halogens is 1. The normalized spacial score (nSPS) is 16.9. The van der Waals surface area contributed by atoms with Crippen LogP contribution < -0.4 is 10.2 Å². The number of furan rings is 1. The molecule has 2 amide bonds. The number of nitrogens with one attached hydrogen (secondary N) is 1. The highest BCUT2D eigenvalue weighted by Crippen LogP contribution is 2.42. The van der Waals surface area contributed by atoms with E-state index in [0.29, 0.717) is 27.9 Å². The number of carbonyl (C=O) groups is 2. The van der Waals surface area contributed by atoms with Crippen molar-refractivity contribution in [2.24, 2.45) is 0 Å². The van der Waals surface area contributed by atoms with Gasteiger partial charge in [-0.05, 0) is 54.3 Å². The van der Waals surface area contributed by atoms with Gasteiger partial charge in [-0.15, -0.1) is 0 Å². The van der Waals surface area contributed by atoms with Crippen molar-refractivity contribution in [3.05, 3.63) is 99.4 Å². The largest absolute Gasteiger partial charge is 0.467 e. The second-order valence-electron chi connectivity index (χ2n) is 7.65. The molecule has 2 heterocycles. The first kappa shape index (κ1) is 23.7. The summed E-state index contributed by atoms with van der Waals surface area (Å²) in [6.45, 7) is 2.19. The second kappa shape index (κ2) is 10.6. The molecule has 1 unspecified atom stereocenters. The van der Waals surface area contributed by atoms with Crippen LogP contribution in [0.15, 0.2) is 81.9 Å². The number of nitriles is 1. The lowest BCUT2D eigenvalue weighted by molar-refractivity contribution is -0.117. The van der Waals surface area contributed by atoms with Crippen LogP contribution >= 0.6 is 23.4 Å². The van der Waals surface area contributed by atoms with E-state index in [0.717, 1.165) is 17.5 Å². The minimum atomic E-state index is -0.567. The molecule has 0 spiro atoms.